The number of benzene rings is 3. The molecule has 14 heteroatoms. The van der Waals surface area contributed by atoms with E-state index in [-0.39, 0.29) is 23.1 Å². The lowest BCUT2D eigenvalue weighted by atomic mass is 10.1. The standard InChI is InChI=1S/C27H22F5N5O3S/c1-39-10-11-40-17-8-6-14(7-9-17)36-27-33-13-18(28)25(37-27)34-15-4-3-5-16(12-15)35-26(38)19-20(29)21(30)22(31)23(32)24(19)41-2/h3-9,12-13H,10-11H2,1-2H3,(H,35,38)(H2,33,34,36,37). The van der Waals surface area contributed by atoms with Gasteiger partial charge in [0, 0.05) is 24.2 Å². The monoisotopic (exact) mass is 591 g/mol. The largest absolute Gasteiger partial charge is 0.491 e. The van der Waals surface area contributed by atoms with E-state index in [0.29, 0.717) is 36.4 Å². The van der Waals surface area contributed by atoms with E-state index in [2.05, 4.69) is 25.9 Å². The first kappa shape index (κ1) is 29.6. The Bertz CT molecular complexity index is 1560. The number of thioether (sulfide) groups is 1. The van der Waals surface area contributed by atoms with Crippen molar-refractivity contribution in [2.45, 2.75) is 4.90 Å². The molecule has 0 spiro atoms. The van der Waals surface area contributed by atoms with Crippen LogP contribution in [-0.2, 0) is 4.74 Å². The van der Waals surface area contributed by atoms with Crippen molar-refractivity contribution in [3.8, 4) is 5.75 Å². The van der Waals surface area contributed by atoms with Gasteiger partial charge in [0.15, 0.2) is 34.9 Å². The van der Waals surface area contributed by atoms with Crippen molar-refractivity contribution >= 4 is 46.5 Å². The molecule has 214 valence electrons. The summed E-state index contributed by atoms with van der Waals surface area (Å²) in [6.07, 6.45) is 2.24. The Morgan fingerprint density at radius 2 is 1.59 bits per heavy atom. The van der Waals surface area contributed by atoms with Crippen molar-refractivity contribution in [2.75, 3.05) is 42.5 Å². The number of rotatable bonds is 11. The van der Waals surface area contributed by atoms with Crippen molar-refractivity contribution in [1.29, 1.82) is 0 Å². The van der Waals surface area contributed by atoms with Gasteiger partial charge in [0.1, 0.15) is 12.4 Å². The van der Waals surface area contributed by atoms with Crippen LogP contribution in [0.2, 0.25) is 0 Å². The number of aromatic nitrogens is 2. The lowest BCUT2D eigenvalue weighted by molar-refractivity contribution is 0.101. The van der Waals surface area contributed by atoms with Gasteiger partial charge in [-0.2, -0.15) is 4.98 Å². The van der Waals surface area contributed by atoms with Crippen LogP contribution in [0.4, 0.5) is 50.8 Å². The summed E-state index contributed by atoms with van der Waals surface area (Å²) in [5.74, 6) is -9.11. The lowest BCUT2D eigenvalue weighted by Gasteiger charge is -2.13. The van der Waals surface area contributed by atoms with E-state index < -0.39 is 45.5 Å². The van der Waals surface area contributed by atoms with Crippen LogP contribution in [0.15, 0.2) is 59.6 Å². The van der Waals surface area contributed by atoms with Crippen LogP contribution < -0.4 is 20.7 Å². The Kier molecular flexibility index (Phi) is 9.57. The first-order chi connectivity index (χ1) is 19.7. The van der Waals surface area contributed by atoms with E-state index in [0.717, 1.165) is 6.20 Å². The van der Waals surface area contributed by atoms with Crippen molar-refractivity contribution in [3.05, 3.63) is 89.4 Å². The average molecular weight is 592 g/mol. The molecule has 0 saturated carbocycles. The summed E-state index contributed by atoms with van der Waals surface area (Å²) >= 11 is 0.543. The Hall–Kier alpha value is -4.43. The predicted molar refractivity (Wildman–Crippen MR) is 145 cm³/mol. The summed E-state index contributed by atoms with van der Waals surface area (Å²) in [4.78, 5) is 20.1. The zero-order chi connectivity index (χ0) is 29.5. The highest BCUT2D eigenvalue weighted by atomic mass is 32.2. The number of amides is 1. The Morgan fingerprint density at radius 3 is 2.29 bits per heavy atom. The topological polar surface area (TPSA) is 97.4 Å². The van der Waals surface area contributed by atoms with Gasteiger partial charge in [-0.05, 0) is 48.7 Å². The summed E-state index contributed by atoms with van der Waals surface area (Å²) in [6, 6.07) is 12.6. The predicted octanol–water partition coefficient (Wildman–Crippen LogP) is 6.66. The van der Waals surface area contributed by atoms with Gasteiger partial charge in [0.25, 0.3) is 5.91 Å². The van der Waals surface area contributed by atoms with Crippen LogP contribution in [0.25, 0.3) is 0 Å². The maximum Gasteiger partial charge on any atom is 0.260 e. The fourth-order valence-corrected chi connectivity index (χ4v) is 4.19. The molecule has 0 fully saturated rings. The molecule has 1 heterocycles. The third-order valence-electron chi connectivity index (χ3n) is 5.45. The van der Waals surface area contributed by atoms with Gasteiger partial charge >= 0.3 is 0 Å². The molecule has 0 radical (unpaired) electrons. The van der Waals surface area contributed by atoms with Gasteiger partial charge in [-0.1, -0.05) is 6.07 Å². The number of hydrogen-bond acceptors (Lipinski definition) is 8. The molecule has 4 rings (SSSR count). The third kappa shape index (κ3) is 7.02. The molecule has 1 amide bonds. The Morgan fingerprint density at radius 1 is 0.878 bits per heavy atom. The van der Waals surface area contributed by atoms with E-state index in [4.69, 9.17) is 9.47 Å². The number of nitrogens with one attached hydrogen (secondary N) is 3. The van der Waals surface area contributed by atoms with E-state index >= 15 is 0 Å². The van der Waals surface area contributed by atoms with Crippen LogP contribution in [0.3, 0.4) is 0 Å². The van der Waals surface area contributed by atoms with Crippen molar-refractivity contribution in [2.24, 2.45) is 0 Å². The fourth-order valence-electron chi connectivity index (χ4n) is 3.53. The van der Waals surface area contributed by atoms with Gasteiger partial charge in [-0.3, -0.25) is 4.79 Å². The van der Waals surface area contributed by atoms with Gasteiger partial charge in [0.05, 0.1) is 23.3 Å². The maximum atomic E-state index is 14.5. The second-order valence-corrected chi connectivity index (χ2v) is 9.02. The zero-order valence-corrected chi connectivity index (χ0v) is 22.3. The summed E-state index contributed by atoms with van der Waals surface area (Å²) < 4.78 is 80.9. The average Bonchev–Trinajstić information content (AvgIpc) is 2.96. The number of methoxy groups -OCH3 is 1. The summed E-state index contributed by atoms with van der Waals surface area (Å²) in [7, 11) is 1.57. The zero-order valence-electron chi connectivity index (χ0n) is 21.5. The second-order valence-electron chi connectivity index (χ2n) is 8.20. The smallest absolute Gasteiger partial charge is 0.260 e. The molecule has 0 bridgehead atoms. The van der Waals surface area contributed by atoms with E-state index in [1.807, 2.05) is 0 Å². The normalized spacial score (nSPS) is 10.8. The number of nitrogens with zero attached hydrogens (tertiary/aromatic N) is 2. The van der Waals surface area contributed by atoms with Crippen LogP contribution in [0.1, 0.15) is 10.4 Å². The summed E-state index contributed by atoms with van der Waals surface area (Å²) in [5, 5.41) is 8.01. The summed E-state index contributed by atoms with van der Waals surface area (Å²) in [5.41, 5.74) is -0.0561. The molecule has 1 aromatic heterocycles. The molecule has 0 aliphatic rings. The Balaban J connectivity index is 1.48. The minimum Gasteiger partial charge on any atom is -0.491 e. The molecule has 0 unspecified atom stereocenters. The van der Waals surface area contributed by atoms with Gasteiger partial charge < -0.3 is 25.4 Å². The van der Waals surface area contributed by atoms with Crippen molar-refractivity contribution in [3.63, 3.8) is 0 Å². The van der Waals surface area contributed by atoms with Crippen LogP contribution in [-0.4, -0.2) is 42.5 Å². The Labute approximate surface area is 235 Å². The molecule has 3 aromatic carbocycles. The molecule has 8 nitrogen and oxygen atoms in total. The number of anilines is 5. The van der Waals surface area contributed by atoms with E-state index in [1.54, 1.807) is 31.4 Å². The first-order valence-electron chi connectivity index (χ1n) is 11.8. The highest BCUT2D eigenvalue weighted by Gasteiger charge is 2.29. The van der Waals surface area contributed by atoms with E-state index in [1.165, 1.54) is 30.5 Å². The fraction of sp³-hybridized carbons (Fsp3) is 0.148. The minimum atomic E-state index is -2.10. The molecule has 0 atom stereocenters. The SMILES string of the molecule is COCCOc1ccc(Nc2ncc(F)c(Nc3cccc(NC(=O)c4c(F)c(F)c(F)c(F)c4SC)c3)n2)cc1. The highest BCUT2D eigenvalue weighted by molar-refractivity contribution is 7.98. The number of halogens is 5. The molecular formula is C27H22F5N5O3S. The quantitative estimate of drug-likeness (QED) is 0.0586. The van der Waals surface area contributed by atoms with Gasteiger partial charge in [0.2, 0.25) is 5.95 Å². The molecule has 0 aliphatic heterocycles. The highest BCUT2D eigenvalue weighted by Crippen LogP contribution is 2.32. The molecule has 41 heavy (non-hydrogen) atoms. The van der Waals surface area contributed by atoms with Crippen molar-refractivity contribution in [1.82, 2.24) is 9.97 Å². The lowest BCUT2D eigenvalue weighted by Crippen LogP contribution is -2.18. The first-order valence-corrected chi connectivity index (χ1v) is 13.0. The molecule has 0 aliphatic carbocycles. The van der Waals surface area contributed by atoms with E-state index in [9.17, 15) is 26.7 Å². The second kappa shape index (κ2) is 13.3. The third-order valence-corrected chi connectivity index (χ3v) is 6.24. The van der Waals surface area contributed by atoms with Gasteiger partial charge in [-0.25, -0.2) is 26.9 Å². The van der Waals surface area contributed by atoms with Crippen molar-refractivity contribution < 1.29 is 36.2 Å². The van der Waals surface area contributed by atoms with Crippen LogP contribution in [0, 0.1) is 29.1 Å². The molecule has 4 aromatic rings. The molecule has 0 saturated heterocycles. The number of carbonyl (C=O) groups excluding carboxylic acids is 1. The molecule has 3 N–H and O–H groups in total. The number of hydrogen-bond donors (Lipinski definition) is 3. The minimum absolute atomic E-state index is 0.0669. The van der Waals surface area contributed by atoms with Crippen LogP contribution >= 0.6 is 11.8 Å². The summed E-state index contributed by atoms with van der Waals surface area (Å²) in [6.45, 7) is 0.837. The van der Waals surface area contributed by atoms with Gasteiger partial charge in [-0.15, -0.1) is 11.8 Å². The number of ether oxygens (including phenoxy) is 2. The van der Waals surface area contributed by atoms with Crippen LogP contribution in [0.5, 0.6) is 5.75 Å². The molecular weight excluding hydrogens is 569 g/mol. The maximum absolute atomic E-state index is 14.5. The number of carbonyl (C=O) groups is 1.